The second-order valence-corrected chi connectivity index (χ2v) is 11.2. The van der Waals surface area contributed by atoms with Crippen molar-refractivity contribution >= 4 is 21.5 Å². The molecule has 1 aliphatic carbocycles. The van der Waals surface area contributed by atoms with Gasteiger partial charge in [-0.25, -0.2) is 8.42 Å². The third kappa shape index (κ3) is 5.26. The number of sulfone groups is 1. The van der Waals surface area contributed by atoms with Gasteiger partial charge in [0.1, 0.15) is 17.6 Å². The first-order valence-electron chi connectivity index (χ1n) is 11.9. The molecule has 1 atom stereocenters. The molecule has 1 unspecified atom stereocenters. The maximum Gasteiger partial charge on any atom is 0.309 e. The Morgan fingerprint density at radius 1 is 1.03 bits per heavy atom. The highest BCUT2D eigenvalue weighted by Crippen LogP contribution is 2.31. The van der Waals surface area contributed by atoms with Gasteiger partial charge in [0, 0.05) is 5.56 Å². The van der Waals surface area contributed by atoms with Gasteiger partial charge in [0.2, 0.25) is 15.5 Å². The average Bonchev–Trinajstić information content (AvgIpc) is 2.85. The summed E-state index contributed by atoms with van der Waals surface area (Å²) in [7, 11) is -2.27. The molecule has 1 aliphatic heterocycles. The lowest BCUT2D eigenvalue weighted by Gasteiger charge is -2.31. The number of nitrogens with one attached hydrogen (secondary N) is 3. The van der Waals surface area contributed by atoms with E-state index in [1.54, 1.807) is 37.3 Å². The summed E-state index contributed by atoms with van der Waals surface area (Å²) in [5.74, 6) is 0.0806. The molecule has 2 aromatic rings. The molecule has 0 bridgehead atoms. The van der Waals surface area contributed by atoms with Crippen LogP contribution in [0, 0.1) is 12.3 Å². The normalized spacial score (nSPS) is 19.2. The van der Waals surface area contributed by atoms with Crippen molar-refractivity contribution in [3.63, 3.8) is 0 Å². The summed E-state index contributed by atoms with van der Waals surface area (Å²) in [5, 5.41) is 16.5. The molecule has 186 valence electrons. The van der Waals surface area contributed by atoms with E-state index in [1.165, 1.54) is 25.7 Å². The molecule has 0 saturated heterocycles. The van der Waals surface area contributed by atoms with Crippen molar-refractivity contribution < 1.29 is 23.3 Å². The fourth-order valence-corrected chi connectivity index (χ4v) is 5.97. The van der Waals surface area contributed by atoms with E-state index in [2.05, 4.69) is 10.6 Å². The van der Waals surface area contributed by atoms with Gasteiger partial charge < -0.3 is 26.1 Å². The van der Waals surface area contributed by atoms with E-state index in [9.17, 15) is 13.2 Å². The molecule has 9 heteroatoms. The minimum Gasteiger partial charge on any atom is -0.496 e. The summed E-state index contributed by atoms with van der Waals surface area (Å²) in [6.07, 6.45) is 4.97. The molecule has 1 amide bonds. The van der Waals surface area contributed by atoms with E-state index in [0.717, 1.165) is 31.2 Å². The summed E-state index contributed by atoms with van der Waals surface area (Å²) in [6.45, 7) is 3.55. The molecule has 1 heterocycles. The Hall–Kier alpha value is -3.17. The van der Waals surface area contributed by atoms with Gasteiger partial charge in [0.25, 0.3) is 0 Å². The van der Waals surface area contributed by atoms with E-state index in [4.69, 9.17) is 10.1 Å². The summed E-state index contributed by atoms with van der Waals surface area (Å²) >= 11 is 0. The fourth-order valence-electron chi connectivity index (χ4n) is 4.69. The second-order valence-electron chi connectivity index (χ2n) is 9.25. The molecular formula is C26H33N4O4S+. The molecule has 35 heavy (non-hydrogen) atoms. The highest BCUT2D eigenvalue weighted by atomic mass is 32.2. The Morgan fingerprint density at radius 3 is 2.31 bits per heavy atom. The van der Waals surface area contributed by atoms with Crippen LogP contribution < -0.4 is 20.7 Å². The summed E-state index contributed by atoms with van der Waals surface area (Å²) in [4.78, 5) is 13.4. The van der Waals surface area contributed by atoms with Gasteiger partial charge in [0.05, 0.1) is 28.7 Å². The van der Waals surface area contributed by atoms with Gasteiger partial charge in [-0.15, -0.1) is 0 Å². The van der Waals surface area contributed by atoms with E-state index >= 15 is 0 Å². The van der Waals surface area contributed by atoms with Gasteiger partial charge >= 0.3 is 5.91 Å². The predicted molar refractivity (Wildman–Crippen MR) is 133 cm³/mol. The van der Waals surface area contributed by atoms with Crippen LogP contribution in [0.25, 0.3) is 0 Å². The zero-order valence-corrected chi connectivity index (χ0v) is 21.2. The van der Waals surface area contributed by atoms with Crippen LogP contribution in [-0.2, 0) is 14.6 Å². The van der Waals surface area contributed by atoms with Gasteiger partial charge in [-0.3, -0.25) is 4.79 Å². The summed E-state index contributed by atoms with van der Waals surface area (Å²) < 4.78 is 31.8. The molecule has 0 aromatic heterocycles. The number of carbonyl (C=O) groups is 1. The van der Waals surface area contributed by atoms with Crippen molar-refractivity contribution in [1.29, 1.82) is 5.41 Å². The number of rotatable bonds is 7. The first-order valence-corrected chi connectivity index (χ1v) is 13.4. The Morgan fingerprint density at radius 2 is 1.69 bits per heavy atom. The van der Waals surface area contributed by atoms with Crippen LogP contribution in [0.4, 0.5) is 0 Å². The molecule has 4 rings (SSSR count). The van der Waals surface area contributed by atoms with Gasteiger partial charge in [-0.05, 0) is 63.8 Å². The SMILES string of the molecule is COc1cc(S(=O)(=O)c2ccc(C)cc2)ccc1C1NC(=O)C([NH2+]C2CCCCC2)=C(C(C)=N)N1. The number of nitrogens with two attached hydrogens (primary N) is 1. The maximum atomic E-state index is 13.1. The Bertz CT molecular complexity index is 1260. The molecule has 0 radical (unpaired) electrons. The minimum absolute atomic E-state index is 0.106. The number of hydrogen-bond donors (Lipinski definition) is 4. The number of quaternary nitrogens is 1. The maximum absolute atomic E-state index is 13.1. The molecule has 8 nitrogen and oxygen atoms in total. The van der Waals surface area contributed by atoms with E-state index in [1.807, 2.05) is 12.2 Å². The minimum atomic E-state index is -3.73. The topological polar surface area (TPSA) is 125 Å². The third-order valence-electron chi connectivity index (χ3n) is 6.66. The number of hydrogen-bond acceptors (Lipinski definition) is 6. The number of allylic oxidation sites excluding steroid dienone is 1. The largest absolute Gasteiger partial charge is 0.496 e. The Kier molecular flexibility index (Phi) is 7.28. The second kappa shape index (κ2) is 10.2. The number of amides is 1. The van der Waals surface area contributed by atoms with Crippen molar-refractivity contribution in [2.75, 3.05) is 7.11 Å². The first-order chi connectivity index (χ1) is 16.7. The monoisotopic (exact) mass is 497 g/mol. The Labute approximate surface area is 206 Å². The fraction of sp³-hybridized carbons (Fsp3) is 0.385. The Balaban J connectivity index is 1.64. The molecule has 2 aromatic carbocycles. The number of benzene rings is 2. The van der Waals surface area contributed by atoms with Crippen LogP contribution in [0.15, 0.2) is 63.6 Å². The van der Waals surface area contributed by atoms with Crippen molar-refractivity contribution in [2.24, 2.45) is 0 Å². The third-order valence-corrected chi connectivity index (χ3v) is 8.43. The number of methoxy groups -OCH3 is 1. The highest BCUT2D eigenvalue weighted by Gasteiger charge is 2.35. The van der Waals surface area contributed by atoms with Crippen molar-refractivity contribution in [3.05, 3.63) is 65.0 Å². The van der Waals surface area contributed by atoms with Crippen LogP contribution in [0.1, 0.15) is 56.3 Å². The van der Waals surface area contributed by atoms with Crippen LogP contribution >= 0.6 is 0 Å². The highest BCUT2D eigenvalue weighted by molar-refractivity contribution is 7.91. The summed E-state index contributed by atoms with van der Waals surface area (Å²) in [5.41, 5.74) is 2.81. The molecular weight excluding hydrogens is 464 g/mol. The molecule has 2 aliphatic rings. The molecule has 1 fully saturated rings. The van der Waals surface area contributed by atoms with Crippen LogP contribution in [0.3, 0.4) is 0 Å². The lowest BCUT2D eigenvalue weighted by atomic mass is 9.95. The van der Waals surface area contributed by atoms with Gasteiger partial charge in [-0.2, -0.15) is 0 Å². The summed E-state index contributed by atoms with van der Waals surface area (Å²) in [6, 6.07) is 11.7. The average molecular weight is 498 g/mol. The predicted octanol–water partition coefficient (Wildman–Crippen LogP) is 2.70. The lowest BCUT2D eigenvalue weighted by Crippen LogP contribution is -2.91. The molecule has 1 saturated carbocycles. The van der Waals surface area contributed by atoms with Crippen LogP contribution in [-0.4, -0.2) is 33.2 Å². The number of aryl methyl sites for hydroxylation is 1. The van der Waals surface area contributed by atoms with E-state index < -0.39 is 16.0 Å². The standard InChI is InChI=1S/C26H32N4O4S/c1-16-9-11-19(12-10-16)35(32,33)20-13-14-21(22(15-20)34-3)25-29-23(17(2)27)24(26(31)30-25)28-18-7-5-4-6-8-18/h9-15,18,25,27-29H,4-8H2,1-3H3,(H,30,31)/p+1. The van der Waals surface area contributed by atoms with Gasteiger partial charge in [-0.1, -0.05) is 30.2 Å². The van der Waals surface area contributed by atoms with Gasteiger partial charge in [0.15, 0.2) is 0 Å². The van der Waals surface area contributed by atoms with Crippen LogP contribution in [0.5, 0.6) is 5.75 Å². The molecule has 0 spiro atoms. The zero-order chi connectivity index (χ0) is 25.2. The number of ether oxygens (including phenoxy) is 1. The lowest BCUT2D eigenvalue weighted by molar-refractivity contribution is -0.642. The van der Waals surface area contributed by atoms with Crippen molar-refractivity contribution in [3.8, 4) is 5.75 Å². The van der Waals surface area contributed by atoms with E-state index in [0.29, 0.717) is 28.7 Å². The van der Waals surface area contributed by atoms with Crippen LogP contribution in [0.2, 0.25) is 0 Å². The van der Waals surface area contributed by atoms with Crippen molar-refractivity contribution in [1.82, 2.24) is 10.6 Å². The quantitative estimate of drug-likeness (QED) is 0.438. The first kappa shape index (κ1) is 24.9. The van der Waals surface area contributed by atoms with Crippen molar-refractivity contribution in [2.45, 2.75) is 68.0 Å². The molecule has 5 N–H and O–H groups in total. The zero-order valence-electron chi connectivity index (χ0n) is 20.4. The smallest absolute Gasteiger partial charge is 0.309 e. The van der Waals surface area contributed by atoms with E-state index in [-0.39, 0.29) is 21.4 Å². The number of carbonyl (C=O) groups excluding carboxylic acids is 1.